The summed E-state index contributed by atoms with van der Waals surface area (Å²) in [6, 6.07) is 3.40. The molecule has 0 saturated heterocycles. The van der Waals surface area contributed by atoms with E-state index in [1.54, 1.807) is 41.6 Å². The lowest BCUT2D eigenvalue weighted by atomic mass is 10.3. The van der Waals surface area contributed by atoms with Gasteiger partial charge in [0.2, 0.25) is 0 Å². The Kier molecular flexibility index (Phi) is 3.19. The fraction of sp³-hybridized carbons (Fsp3) is 0.0833. The van der Waals surface area contributed by atoms with E-state index >= 15 is 0 Å². The van der Waals surface area contributed by atoms with Gasteiger partial charge in [0.25, 0.3) is 5.91 Å². The first-order chi connectivity index (χ1) is 9.83. The molecule has 0 bridgehead atoms. The third-order valence-electron chi connectivity index (χ3n) is 2.62. The molecule has 3 rings (SSSR count). The molecule has 0 aromatic carbocycles. The summed E-state index contributed by atoms with van der Waals surface area (Å²) in [5.74, 6) is 0.438. The first-order valence-electron chi connectivity index (χ1n) is 5.90. The summed E-state index contributed by atoms with van der Waals surface area (Å²) in [7, 11) is 0. The van der Waals surface area contributed by atoms with Crippen LogP contribution in [0.3, 0.4) is 0 Å². The third kappa shape index (κ3) is 2.53. The van der Waals surface area contributed by atoms with E-state index in [0.717, 1.165) is 5.56 Å². The zero-order chi connectivity index (χ0) is 13.8. The van der Waals surface area contributed by atoms with Gasteiger partial charge < -0.3 is 5.32 Å². The Bertz CT molecular complexity index is 690. The molecule has 0 fully saturated rings. The van der Waals surface area contributed by atoms with E-state index < -0.39 is 0 Å². The summed E-state index contributed by atoms with van der Waals surface area (Å²) in [6.07, 6.45) is 8.05. The molecule has 8 heteroatoms. The molecule has 0 unspecified atom stereocenters. The predicted molar refractivity (Wildman–Crippen MR) is 68.9 cm³/mol. The molecule has 0 aliphatic carbocycles. The largest absolute Gasteiger partial charge is 0.346 e. The highest BCUT2D eigenvalue weighted by atomic mass is 16.1. The molecule has 3 aromatic heterocycles. The molecule has 0 spiro atoms. The molecular formula is C12H11N7O. The number of carbonyl (C=O) groups is 1. The first-order valence-corrected chi connectivity index (χ1v) is 5.90. The zero-order valence-corrected chi connectivity index (χ0v) is 10.4. The van der Waals surface area contributed by atoms with Gasteiger partial charge in [-0.25, -0.2) is 14.6 Å². The van der Waals surface area contributed by atoms with Crippen LogP contribution in [0.25, 0.3) is 5.82 Å². The van der Waals surface area contributed by atoms with Gasteiger partial charge in [0.1, 0.15) is 12.1 Å². The smallest absolute Gasteiger partial charge is 0.272 e. The Morgan fingerprint density at radius 2 is 2.15 bits per heavy atom. The Hall–Kier alpha value is -3.03. The summed E-state index contributed by atoms with van der Waals surface area (Å²) in [5.41, 5.74) is 1.16. The van der Waals surface area contributed by atoms with Crippen LogP contribution in [0.2, 0.25) is 0 Å². The van der Waals surface area contributed by atoms with Crippen molar-refractivity contribution in [3.63, 3.8) is 0 Å². The Morgan fingerprint density at radius 1 is 1.30 bits per heavy atom. The first kappa shape index (κ1) is 12.0. The molecule has 0 radical (unpaired) electrons. The van der Waals surface area contributed by atoms with Crippen molar-refractivity contribution in [2.24, 2.45) is 0 Å². The summed E-state index contributed by atoms with van der Waals surface area (Å²) >= 11 is 0. The lowest BCUT2D eigenvalue weighted by Gasteiger charge is -2.02. The predicted octanol–water partition coefficient (Wildman–Crippen LogP) is 0.315. The number of rotatable bonds is 4. The second-order valence-corrected chi connectivity index (χ2v) is 4.02. The lowest BCUT2D eigenvalue weighted by Crippen LogP contribution is -2.23. The van der Waals surface area contributed by atoms with Crippen LogP contribution in [0.5, 0.6) is 0 Å². The quantitative estimate of drug-likeness (QED) is 0.710. The van der Waals surface area contributed by atoms with E-state index in [9.17, 15) is 4.79 Å². The minimum absolute atomic E-state index is 0.257. The maximum atomic E-state index is 11.9. The molecule has 2 N–H and O–H groups in total. The van der Waals surface area contributed by atoms with Crippen LogP contribution in [-0.4, -0.2) is 35.9 Å². The minimum atomic E-state index is -0.257. The van der Waals surface area contributed by atoms with E-state index in [2.05, 4.69) is 30.6 Å². The fourth-order valence-corrected chi connectivity index (χ4v) is 1.65. The van der Waals surface area contributed by atoms with Crippen LogP contribution in [0.15, 0.2) is 43.2 Å². The van der Waals surface area contributed by atoms with Crippen molar-refractivity contribution < 1.29 is 4.79 Å². The highest BCUT2D eigenvalue weighted by molar-refractivity contribution is 5.92. The number of H-pyrrole nitrogens is 1. The second-order valence-electron chi connectivity index (χ2n) is 4.02. The van der Waals surface area contributed by atoms with Crippen molar-refractivity contribution in [1.82, 2.24) is 35.3 Å². The van der Waals surface area contributed by atoms with Crippen molar-refractivity contribution in [1.29, 1.82) is 0 Å². The van der Waals surface area contributed by atoms with Gasteiger partial charge in [-0.3, -0.25) is 9.89 Å². The highest BCUT2D eigenvalue weighted by Crippen LogP contribution is 2.03. The standard InChI is InChI=1S/C12H11N7O/c20-12(15-7-9-5-13-8-14-6-9)10-2-4-19(18-10)11-1-3-16-17-11/h1-6,8H,7H2,(H,15,20)(H,16,17). The van der Waals surface area contributed by atoms with E-state index in [1.165, 1.54) is 6.33 Å². The molecule has 100 valence electrons. The number of nitrogens with zero attached hydrogens (tertiary/aromatic N) is 5. The van der Waals surface area contributed by atoms with Crippen molar-refractivity contribution in [3.8, 4) is 5.82 Å². The molecule has 3 heterocycles. The second kappa shape index (κ2) is 5.31. The van der Waals surface area contributed by atoms with Crippen molar-refractivity contribution in [2.75, 3.05) is 0 Å². The summed E-state index contributed by atoms with van der Waals surface area (Å²) < 4.78 is 1.55. The average molecular weight is 269 g/mol. The van der Waals surface area contributed by atoms with Crippen LogP contribution in [0.4, 0.5) is 0 Å². The average Bonchev–Trinajstić information content (AvgIpc) is 3.16. The maximum absolute atomic E-state index is 11.9. The third-order valence-corrected chi connectivity index (χ3v) is 2.62. The zero-order valence-electron chi connectivity index (χ0n) is 10.4. The number of aromatic nitrogens is 6. The molecule has 20 heavy (non-hydrogen) atoms. The maximum Gasteiger partial charge on any atom is 0.272 e. The number of hydrogen-bond donors (Lipinski definition) is 2. The summed E-state index contributed by atoms with van der Waals surface area (Å²) in [4.78, 5) is 19.7. The van der Waals surface area contributed by atoms with Gasteiger partial charge in [-0.1, -0.05) is 0 Å². The molecule has 1 amide bonds. The van der Waals surface area contributed by atoms with Crippen molar-refractivity contribution in [2.45, 2.75) is 6.54 Å². The van der Waals surface area contributed by atoms with Gasteiger partial charge in [0.05, 0.1) is 6.20 Å². The molecule has 0 atom stereocenters. The Morgan fingerprint density at radius 3 is 2.90 bits per heavy atom. The SMILES string of the molecule is O=C(NCc1cncnc1)c1ccn(-c2ccn[nH]2)n1. The van der Waals surface area contributed by atoms with Crippen molar-refractivity contribution >= 4 is 5.91 Å². The number of hydrogen-bond acceptors (Lipinski definition) is 5. The Balaban J connectivity index is 1.66. The van der Waals surface area contributed by atoms with Crippen LogP contribution >= 0.6 is 0 Å². The van der Waals surface area contributed by atoms with E-state index in [-0.39, 0.29) is 5.91 Å². The number of aromatic amines is 1. The van der Waals surface area contributed by atoms with E-state index in [0.29, 0.717) is 18.1 Å². The van der Waals surface area contributed by atoms with Gasteiger partial charge in [0, 0.05) is 36.8 Å². The van der Waals surface area contributed by atoms with Gasteiger partial charge in [-0.2, -0.15) is 10.2 Å². The van der Waals surface area contributed by atoms with E-state index in [4.69, 9.17) is 0 Å². The molecule has 8 nitrogen and oxygen atoms in total. The van der Waals surface area contributed by atoms with Crippen LogP contribution < -0.4 is 5.32 Å². The van der Waals surface area contributed by atoms with Crippen LogP contribution in [0.1, 0.15) is 16.1 Å². The molecule has 0 aliphatic heterocycles. The molecule has 3 aromatic rings. The van der Waals surface area contributed by atoms with E-state index in [1.807, 2.05) is 0 Å². The van der Waals surface area contributed by atoms with Gasteiger partial charge >= 0.3 is 0 Å². The Labute approximate surface area is 113 Å². The van der Waals surface area contributed by atoms with Gasteiger partial charge in [-0.05, 0) is 6.07 Å². The normalized spacial score (nSPS) is 10.4. The lowest BCUT2D eigenvalue weighted by molar-refractivity contribution is 0.0945. The molecule has 0 saturated carbocycles. The van der Waals surface area contributed by atoms with Crippen LogP contribution in [0, 0.1) is 0 Å². The number of carbonyl (C=O) groups excluding carboxylic acids is 1. The summed E-state index contributed by atoms with van der Waals surface area (Å²) in [5, 5.41) is 13.5. The summed E-state index contributed by atoms with van der Waals surface area (Å²) in [6.45, 7) is 0.358. The van der Waals surface area contributed by atoms with Gasteiger partial charge in [0.15, 0.2) is 5.69 Å². The monoisotopic (exact) mass is 269 g/mol. The highest BCUT2D eigenvalue weighted by Gasteiger charge is 2.10. The van der Waals surface area contributed by atoms with Gasteiger partial charge in [-0.15, -0.1) is 0 Å². The fourth-order valence-electron chi connectivity index (χ4n) is 1.65. The van der Waals surface area contributed by atoms with Crippen molar-refractivity contribution in [3.05, 3.63) is 54.5 Å². The minimum Gasteiger partial charge on any atom is -0.346 e. The number of amides is 1. The molecule has 0 aliphatic rings. The molecular weight excluding hydrogens is 258 g/mol. The van der Waals surface area contributed by atoms with Crippen LogP contribution in [-0.2, 0) is 6.54 Å². The number of nitrogens with one attached hydrogen (secondary N) is 2. The topological polar surface area (TPSA) is 101 Å².